The van der Waals surface area contributed by atoms with Crippen LogP contribution in [-0.2, 0) is 0 Å². The first-order chi connectivity index (χ1) is 7.66. The van der Waals surface area contributed by atoms with Crippen LogP contribution >= 0.6 is 11.6 Å². The van der Waals surface area contributed by atoms with Gasteiger partial charge < -0.3 is 0 Å². The van der Waals surface area contributed by atoms with Crippen molar-refractivity contribution in [2.75, 3.05) is 6.54 Å². The van der Waals surface area contributed by atoms with Gasteiger partial charge in [0.2, 0.25) is 6.54 Å². The topological polar surface area (TPSA) is 20.1 Å². The van der Waals surface area contributed by atoms with Crippen molar-refractivity contribution in [3.63, 3.8) is 0 Å². The van der Waals surface area contributed by atoms with E-state index in [1.807, 2.05) is 13.0 Å². The predicted octanol–water partition coefficient (Wildman–Crippen LogP) is 3.33. The molecular weight excluding hydrogens is 222 g/mol. The fourth-order valence-corrected chi connectivity index (χ4v) is 3.36. The van der Waals surface area contributed by atoms with Crippen LogP contribution in [0.15, 0.2) is 33.9 Å². The molecule has 0 bridgehead atoms. The van der Waals surface area contributed by atoms with E-state index in [0.717, 1.165) is 23.4 Å². The van der Waals surface area contributed by atoms with E-state index in [2.05, 4.69) is 6.08 Å². The summed E-state index contributed by atoms with van der Waals surface area (Å²) in [5.74, 6) is 0.538. The highest BCUT2D eigenvalue weighted by Crippen LogP contribution is 2.45. The summed E-state index contributed by atoms with van der Waals surface area (Å²) in [6, 6.07) is 0.111. The second kappa shape index (κ2) is 3.56. The van der Waals surface area contributed by atoms with Gasteiger partial charge >= 0.3 is 0 Å². The Kier molecular flexibility index (Phi) is 2.28. The van der Waals surface area contributed by atoms with Crippen molar-refractivity contribution in [3.8, 4) is 0 Å². The van der Waals surface area contributed by atoms with Crippen LogP contribution in [-0.4, -0.2) is 17.3 Å². The highest BCUT2D eigenvalue weighted by Gasteiger charge is 2.39. The molecule has 0 aromatic carbocycles. The molecule has 0 saturated carbocycles. The highest BCUT2D eigenvalue weighted by molar-refractivity contribution is 6.33. The molecule has 3 heteroatoms. The third-order valence-electron chi connectivity index (χ3n) is 3.93. The smallest absolute Gasteiger partial charge is 0.0837 e. The second-order valence-corrected chi connectivity index (χ2v) is 5.39. The molecule has 0 spiro atoms. The van der Waals surface area contributed by atoms with Crippen molar-refractivity contribution in [2.45, 2.75) is 32.2 Å². The summed E-state index contributed by atoms with van der Waals surface area (Å²) in [4.78, 5) is 11.9. The van der Waals surface area contributed by atoms with Gasteiger partial charge in [0.05, 0.1) is 5.03 Å². The van der Waals surface area contributed by atoms with Gasteiger partial charge in [0.25, 0.3) is 0 Å². The summed E-state index contributed by atoms with van der Waals surface area (Å²) in [7, 11) is 0. The number of allylic oxidation sites excluding steroid dienone is 4. The highest BCUT2D eigenvalue weighted by atomic mass is 35.5. The Hall–Kier alpha value is -0.890. The number of hydrogen-bond donors (Lipinski definition) is 0. The minimum absolute atomic E-state index is 0.111. The zero-order valence-electron chi connectivity index (χ0n) is 9.37. The van der Waals surface area contributed by atoms with Gasteiger partial charge in [-0.05, 0) is 36.0 Å². The van der Waals surface area contributed by atoms with Crippen molar-refractivity contribution in [3.05, 3.63) is 38.8 Å². The molecule has 0 aromatic heterocycles. The van der Waals surface area contributed by atoms with Crippen LogP contribution in [0.4, 0.5) is 0 Å². The maximum Gasteiger partial charge on any atom is 0.219 e. The summed E-state index contributed by atoms with van der Waals surface area (Å²) in [5, 5.41) is 0.781. The van der Waals surface area contributed by atoms with E-state index in [9.17, 15) is 4.91 Å². The molecule has 2 unspecified atom stereocenters. The standard InChI is InChI=1S/C13H15ClNO/c1-8-5-9-3-2-4-10-6-12(14)11(13(9)10)7-15(8)16/h4,6,8-9H,2-3,5,7H2,1H3/q+1. The molecule has 2 nitrogen and oxygen atoms in total. The average molecular weight is 237 g/mol. The first-order valence-electron chi connectivity index (χ1n) is 5.91. The molecule has 2 atom stereocenters. The lowest BCUT2D eigenvalue weighted by molar-refractivity contribution is -0.575. The van der Waals surface area contributed by atoms with Gasteiger partial charge in [0.1, 0.15) is 0 Å². The monoisotopic (exact) mass is 236 g/mol. The summed E-state index contributed by atoms with van der Waals surface area (Å²) < 4.78 is 1.18. The molecule has 3 rings (SSSR count). The zero-order chi connectivity index (χ0) is 11.3. The Labute approximate surface area is 100 Å². The van der Waals surface area contributed by atoms with Gasteiger partial charge in [0.15, 0.2) is 6.04 Å². The van der Waals surface area contributed by atoms with E-state index in [1.165, 1.54) is 22.3 Å². The maximum atomic E-state index is 11.9. The number of halogens is 1. The normalized spacial score (nSPS) is 33.2. The molecule has 0 radical (unpaired) electrons. The molecule has 1 aliphatic heterocycles. The first kappa shape index (κ1) is 10.3. The van der Waals surface area contributed by atoms with Crippen molar-refractivity contribution in [1.29, 1.82) is 0 Å². The number of nitrogens with zero attached hydrogens (tertiary/aromatic N) is 1. The lowest BCUT2D eigenvalue weighted by Gasteiger charge is -2.22. The number of nitroso groups, excluding NO2 is 1. The SMILES string of the molecule is CC1CC2CCC=C3C=C(Cl)C(=C32)C[N+]1=O. The minimum Gasteiger partial charge on any atom is -0.0837 e. The molecule has 0 saturated heterocycles. The first-order valence-corrected chi connectivity index (χ1v) is 6.29. The Balaban J connectivity index is 2.11. The van der Waals surface area contributed by atoms with Gasteiger partial charge in [-0.25, -0.2) is 0 Å². The summed E-state index contributed by atoms with van der Waals surface area (Å²) in [5.41, 5.74) is 3.72. The molecule has 2 aliphatic carbocycles. The van der Waals surface area contributed by atoms with Crippen LogP contribution in [0.25, 0.3) is 0 Å². The molecule has 0 amide bonds. The van der Waals surface area contributed by atoms with E-state index in [0.29, 0.717) is 12.5 Å². The quantitative estimate of drug-likeness (QED) is 0.591. The molecular formula is C13H15ClNO+. The molecule has 1 heterocycles. The van der Waals surface area contributed by atoms with Crippen LogP contribution < -0.4 is 0 Å². The Morgan fingerprint density at radius 1 is 1.50 bits per heavy atom. The fourth-order valence-electron chi connectivity index (χ4n) is 3.08. The summed E-state index contributed by atoms with van der Waals surface area (Å²) in [6.07, 6.45) is 7.54. The molecule has 84 valence electrons. The fraction of sp³-hybridized carbons (Fsp3) is 0.538. The van der Waals surface area contributed by atoms with E-state index in [-0.39, 0.29) is 6.04 Å². The molecule has 16 heavy (non-hydrogen) atoms. The molecule has 0 fully saturated rings. The van der Waals surface area contributed by atoms with Crippen molar-refractivity contribution in [1.82, 2.24) is 0 Å². The van der Waals surface area contributed by atoms with Gasteiger partial charge in [-0.2, -0.15) is 0 Å². The lowest BCUT2D eigenvalue weighted by atomic mass is 9.81. The average Bonchev–Trinajstić information content (AvgIpc) is 2.48. The van der Waals surface area contributed by atoms with Gasteiger partial charge in [-0.15, -0.1) is 0 Å². The van der Waals surface area contributed by atoms with Gasteiger partial charge in [0, 0.05) is 28.6 Å². The van der Waals surface area contributed by atoms with Crippen LogP contribution in [0, 0.1) is 10.8 Å². The van der Waals surface area contributed by atoms with E-state index >= 15 is 0 Å². The zero-order valence-corrected chi connectivity index (χ0v) is 10.1. The Morgan fingerprint density at radius 2 is 2.31 bits per heavy atom. The third kappa shape index (κ3) is 1.40. The summed E-state index contributed by atoms with van der Waals surface area (Å²) in [6.45, 7) is 2.48. The van der Waals surface area contributed by atoms with Crippen LogP contribution in [0.1, 0.15) is 26.2 Å². The lowest BCUT2D eigenvalue weighted by Crippen LogP contribution is -2.23. The minimum atomic E-state index is 0.111. The van der Waals surface area contributed by atoms with Crippen LogP contribution in [0.2, 0.25) is 0 Å². The van der Waals surface area contributed by atoms with E-state index < -0.39 is 0 Å². The van der Waals surface area contributed by atoms with E-state index in [4.69, 9.17) is 11.6 Å². The second-order valence-electron chi connectivity index (χ2n) is 4.98. The third-order valence-corrected chi connectivity index (χ3v) is 4.26. The maximum absolute atomic E-state index is 11.9. The summed E-state index contributed by atoms with van der Waals surface area (Å²) >= 11 is 6.23. The molecule has 0 N–H and O–H groups in total. The van der Waals surface area contributed by atoms with Crippen molar-refractivity contribution in [2.24, 2.45) is 5.92 Å². The van der Waals surface area contributed by atoms with E-state index in [1.54, 1.807) is 0 Å². The number of hydrogen-bond acceptors (Lipinski definition) is 1. The van der Waals surface area contributed by atoms with Gasteiger partial charge in [-0.3, -0.25) is 0 Å². The Morgan fingerprint density at radius 3 is 3.12 bits per heavy atom. The number of rotatable bonds is 0. The predicted molar refractivity (Wildman–Crippen MR) is 64.3 cm³/mol. The van der Waals surface area contributed by atoms with Crippen LogP contribution in [0.3, 0.4) is 0 Å². The molecule has 0 aromatic rings. The van der Waals surface area contributed by atoms with Crippen LogP contribution in [0.5, 0.6) is 0 Å². The Bertz CT molecular complexity index is 459. The van der Waals surface area contributed by atoms with Crippen molar-refractivity contribution >= 4 is 11.6 Å². The van der Waals surface area contributed by atoms with Crippen molar-refractivity contribution < 1.29 is 4.76 Å². The van der Waals surface area contributed by atoms with Gasteiger partial charge in [-0.1, -0.05) is 17.7 Å². The largest absolute Gasteiger partial charge is 0.219 e. The molecule has 3 aliphatic rings.